The third-order valence-electron chi connectivity index (χ3n) is 2.31. The number of amides is 3. The van der Waals surface area contributed by atoms with Gasteiger partial charge in [0.2, 0.25) is 5.91 Å². The average molecular weight is 297 g/mol. The number of para-hydroxylation sites is 1. The van der Waals surface area contributed by atoms with E-state index in [0.29, 0.717) is 5.69 Å². The standard InChI is InChI=1S/C12H15N3O4S/c1-20-9-5-3-2-4-8(9)14-12(19)15(6-10(13)16)7-11(17)18/h2-5H,6-7H2,1H3,(H2,13,16)(H,14,19)(H,17,18). The van der Waals surface area contributed by atoms with Crippen molar-refractivity contribution in [2.45, 2.75) is 4.90 Å². The van der Waals surface area contributed by atoms with Crippen LogP contribution in [0.1, 0.15) is 0 Å². The minimum atomic E-state index is -1.22. The van der Waals surface area contributed by atoms with Crippen LogP contribution < -0.4 is 11.1 Å². The number of nitrogens with two attached hydrogens (primary N) is 1. The first kappa shape index (κ1) is 15.8. The molecule has 0 aromatic heterocycles. The maximum absolute atomic E-state index is 12.0. The van der Waals surface area contributed by atoms with Crippen molar-refractivity contribution >= 4 is 35.4 Å². The van der Waals surface area contributed by atoms with Gasteiger partial charge in [-0.3, -0.25) is 9.59 Å². The van der Waals surface area contributed by atoms with E-state index < -0.39 is 31.0 Å². The second-order valence-corrected chi connectivity index (χ2v) is 4.69. The Morgan fingerprint density at radius 1 is 1.30 bits per heavy atom. The van der Waals surface area contributed by atoms with Crippen LogP contribution in [0.25, 0.3) is 0 Å². The van der Waals surface area contributed by atoms with Crippen molar-refractivity contribution in [2.24, 2.45) is 5.73 Å². The van der Waals surface area contributed by atoms with Gasteiger partial charge in [0, 0.05) is 4.90 Å². The zero-order valence-electron chi connectivity index (χ0n) is 10.8. The fraction of sp³-hybridized carbons (Fsp3) is 0.250. The fourth-order valence-corrected chi connectivity index (χ4v) is 2.05. The summed E-state index contributed by atoms with van der Waals surface area (Å²) in [5.41, 5.74) is 5.54. The molecule has 108 valence electrons. The van der Waals surface area contributed by atoms with Crippen LogP contribution in [0.15, 0.2) is 29.2 Å². The smallest absolute Gasteiger partial charge is 0.323 e. The van der Waals surface area contributed by atoms with E-state index >= 15 is 0 Å². The van der Waals surface area contributed by atoms with E-state index in [1.165, 1.54) is 11.8 Å². The quantitative estimate of drug-likeness (QED) is 0.673. The van der Waals surface area contributed by atoms with Gasteiger partial charge >= 0.3 is 12.0 Å². The van der Waals surface area contributed by atoms with Gasteiger partial charge in [-0.1, -0.05) is 12.1 Å². The van der Waals surface area contributed by atoms with Crippen molar-refractivity contribution in [1.29, 1.82) is 0 Å². The molecule has 1 aromatic rings. The van der Waals surface area contributed by atoms with Gasteiger partial charge in [0.1, 0.15) is 13.1 Å². The highest BCUT2D eigenvalue weighted by atomic mass is 32.2. The lowest BCUT2D eigenvalue weighted by atomic mass is 10.3. The van der Waals surface area contributed by atoms with Crippen LogP contribution in [0.5, 0.6) is 0 Å². The Morgan fingerprint density at radius 3 is 2.50 bits per heavy atom. The molecule has 0 unspecified atom stereocenters. The van der Waals surface area contributed by atoms with Crippen molar-refractivity contribution in [3.05, 3.63) is 24.3 Å². The van der Waals surface area contributed by atoms with Gasteiger partial charge in [-0.2, -0.15) is 0 Å². The van der Waals surface area contributed by atoms with Crippen LogP contribution in [0.3, 0.4) is 0 Å². The number of primary amides is 1. The first-order valence-electron chi connectivity index (χ1n) is 5.63. The van der Waals surface area contributed by atoms with Crippen LogP contribution in [0, 0.1) is 0 Å². The summed E-state index contributed by atoms with van der Waals surface area (Å²) in [6.07, 6.45) is 1.85. The first-order valence-corrected chi connectivity index (χ1v) is 6.85. The summed E-state index contributed by atoms with van der Waals surface area (Å²) in [5.74, 6) is -2.00. The number of aliphatic carboxylic acids is 1. The van der Waals surface area contributed by atoms with Crippen LogP contribution in [0.2, 0.25) is 0 Å². The predicted octanol–water partition coefficient (Wildman–Crippen LogP) is 0.812. The Hall–Kier alpha value is -2.22. The second-order valence-electron chi connectivity index (χ2n) is 3.85. The van der Waals surface area contributed by atoms with Crippen LogP contribution in [-0.2, 0) is 9.59 Å². The largest absolute Gasteiger partial charge is 0.480 e. The first-order chi connectivity index (χ1) is 9.43. The SMILES string of the molecule is CSc1ccccc1NC(=O)N(CC(N)=O)CC(=O)O. The van der Waals surface area contributed by atoms with Crippen LogP contribution in [0.4, 0.5) is 10.5 Å². The lowest BCUT2D eigenvalue weighted by Gasteiger charge is -2.20. The van der Waals surface area contributed by atoms with E-state index in [0.717, 1.165) is 9.80 Å². The average Bonchev–Trinajstić information content (AvgIpc) is 2.37. The summed E-state index contributed by atoms with van der Waals surface area (Å²) in [5, 5.41) is 11.3. The van der Waals surface area contributed by atoms with Gasteiger partial charge in [0.25, 0.3) is 0 Å². The molecule has 1 aromatic carbocycles. The molecule has 0 radical (unpaired) electrons. The number of rotatable bonds is 6. The van der Waals surface area contributed by atoms with Crippen molar-refractivity contribution in [2.75, 3.05) is 24.7 Å². The molecule has 8 heteroatoms. The molecule has 0 heterocycles. The Labute approximate surface area is 120 Å². The number of carbonyl (C=O) groups excluding carboxylic acids is 2. The molecule has 0 fully saturated rings. The summed E-state index contributed by atoms with van der Waals surface area (Å²) < 4.78 is 0. The highest BCUT2D eigenvalue weighted by Crippen LogP contribution is 2.24. The zero-order valence-corrected chi connectivity index (χ0v) is 11.6. The Kier molecular flexibility index (Phi) is 5.85. The summed E-state index contributed by atoms with van der Waals surface area (Å²) in [7, 11) is 0. The number of anilines is 1. The second kappa shape index (κ2) is 7.39. The molecule has 0 bridgehead atoms. The molecule has 3 amide bonds. The molecule has 0 atom stereocenters. The minimum Gasteiger partial charge on any atom is -0.480 e. The molecular weight excluding hydrogens is 282 g/mol. The molecule has 4 N–H and O–H groups in total. The molecule has 1 rings (SSSR count). The topological polar surface area (TPSA) is 113 Å². The van der Waals surface area contributed by atoms with E-state index in [1.807, 2.05) is 18.4 Å². The van der Waals surface area contributed by atoms with Crippen LogP contribution in [-0.4, -0.2) is 47.3 Å². The van der Waals surface area contributed by atoms with Gasteiger partial charge in [-0.05, 0) is 18.4 Å². The van der Waals surface area contributed by atoms with Gasteiger partial charge in [0.05, 0.1) is 5.69 Å². The number of nitrogens with zero attached hydrogens (tertiary/aromatic N) is 1. The van der Waals surface area contributed by atoms with Crippen molar-refractivity contribution in [3.8, 4) is 0 Å². The summed E-state index contributed by atoms with van der Waals surface area (Å²) in [6.45, 7) is -1.06. The van der Waals surface area contributed by atoms with Crippen molar-refractivity contribution in [3.63, 3.8) is 0 Å². The number of urea groups is 1. The number of nitrogens with one attached hydrogen (secondary N) is 1. The minimum absolute atomic E-state index is 0.459. The van der Waals surface area contributed by atoms with Gasteiger partial charge in [0.15, 0.2) is 0 Å². The maximum Gasteiger partial charge on any atom is 0.323 e. The van der Waals surface area contributed by atoms with E-state index in [4.69, 9.17) is 10.8 Å². The summed E-state index contributed by atoms with van der Waals surface area (Å²) in [6, 6.07) is 6.38. The van der Waals surface area contributed by atoms with Crippen LogP contribution >= 0.6 is 11.8 Å². The Balaban J connectivity index is 2.84. The lowest BCUT2D eigenvalue weighted by molar-refractivity contribution is -0.137. The van der Waals surface area contributed by atoms with Gasteiger partial charge in [-0.25, -0.2) is 4.79 Å². The fourth-order valence-electron chi connectivity index (χ4n) is 1.49. The lowest BCUT2D eigenvalue weighted by Crippen LogP contribution is -2.43. The normalized spacial score (nSPS) is 9.85. The highest BCUT2D eigenvalue weighted by Gasteiger charge is 2.19. The molecule has 0 aliphatic heterocycles. The monoisotopic (exact) mass is 297 g/mol. The predicted molar refractivity (Wildman–Crippen MR) is 75.6 cm³/mol. The van der Waals surface area contributed by atoms with Crippen molar-refractivity contribution < 1.29 is 19.5 Å². The number of hydrogen-bond acceptors (Lipinski definition) is 4. The molecule has 0 aliphatic rings. The molecular formula is C12H15N3O4S. The number of carboxylic acid groups (broad SMARTS) is 1. The zero-order chi connectivity index (χ0) is 15.1. The third-order valence-corrected chi connectivity index (χ3v) is 3.10. The highest BCUT2D eigenvalue weighted by molar-refractivity contribution is 7.98. The number of carboxylic acids is 1. The summed E-state index contributed by atoms with van der Waals surface area (Å²) >= 11 is 1.44. The molecule has 20 heavy (non-hydrogen) atoms. The van der Waals surface area contributed by atoms with Crippen molar-refractivity contribution in [1.82, 2.24) is 4.90 Å². The molecule has 0 saturated carbocycles. The molecule has 7 nitrogen and oxygen atoms in total. The Morgan fingerprint density at radius 2 is 1.95 bits per heavy atom. The number of hydrogen-bond donors (Lipinski definition) is 3. The van der Waals surface area contributed by atoms with Gasteiger partial charge < -0.3 is 21.1 Å². The maximum atomic E-state index is 12.0. The molecule has 0 aliphatic carbocycles. The third kappa shape index (κ3) is 4.81. The van der Waals surface area contributed by atoms with E-state index in [2.05, 4.69) is 5.32 Å². The molecule has 0 saturated heterocycles. The van der Waals surface area contributed by atoms with Gasteiger partial charge in [-0.15, -0.1) is 11.8 Å². The summed E-state index contributed by atoms with van der Waals surface area (Å²) in [4.78, 5) is 35.2. The van der Waals surface area contributed by atoms with E-state index in [9.17, 15) is 14.4 Å². The van der Waals surface area contributed by atoms with E-state index in [1.54, 1.807) is 12.1 Å². The Bertz CT molecular complexity index is 505. The number of thioether (sulfide) groups is 1. The molecule has 0 spiro atoms. The number of benzene rings is 1. The number of carbonyl (C=O) groups is 3. The van der Waals surface area contributed by atoms with E-state index in [-0.39, 0.29) is 0 Å².